The van der Waals surface area contributed by atoms with E-state index in [2.05, 4.69) is 16.8 Å². The number of aromatic amines is 1. The van der Waals surface area contributed by atoms with Gasteiger partial charge < -0.3 is 24.2 Å². The van der Waals surface area contributed by atoms with Gasteiger partial charge in [0.15, 0.2) is 11.5 Å². The number of nitrogens with zero attached hydrogens (tertiary/aromatic N) is 2. The monoisotopic (exact) mass is 531 g/mol. The summed E-state index contributed by atoms with van der Waals surface area (Å²) in [6.45, 7) is 4.35. The highest BCUT2D eigenvalue weighted by molar-refractivity contribution is 6.31. The van der Waals surface area contributed by atoms with E-state index >= 15 is 0 Å². The zero-order valence-corrected chi connectivity index (χ0v) is 21.7. The molecule has 1 aromatic heterocycles. The van der Waals surface area contributed by atoms with Crippen molar-refractivity contribution < 1.29 is 24.1 Å². The molecule has 9 heteroatoms. The number of halogens is 1. The lowest BCUT2D eigenvalue weighted by molar-refractivity contribution is 0.0730. The van der Waals surface area contributed by atoms with Crippen LogP contribution in [0.1, 0.15) is 33.2 Å². The molecule has 0 bridgehead atoms. The van der Waals surface area contributed by atoms with Crippen LogP contribution in [0.15, 0.2) is 73.3 Å². The second kappa shape index (κ2) is 10.5. The molecule has 194 valence electrons. The molecule has 0 aliphatic carbocycles. The minimum Gasteiger partial charge on any atom is -0.507 e. The van der Waals surface area contributed by atoms with Crippen molar-refractivity contribution >= 4 is 17.5 Å². The summed E-state index contributed by atoms with van der Waals surface area (Å²) in [5.41, 5.74) is 3.58. The number of methoxy groups -OCH3 is 2. The summed E-state index contributed by atoms with van der Waals surface area (Å²) in [5, 5.41) is 18.4. The largest absolute Gasteiger partial charge is 0.507 e. The third kappa shape index (κ3) is 4.54. The summed E-state index contributed by atoms with van der Waals surface area (Å²) in [6, 6.07) is 17.3. The fraction of sp³-hybridized carbons (Fsp3) is 0.172. The molecule has 1 atom stereocenters. The Bertz CT molecular complexity index is 1500. The minimum atomic E-state index is -0.533. The van der Waals surface area contributed by atoms with E-state index in [1.54, 1.807) is 37.3 Å². The van der Waals surface area contributed by atoms with E-state index in [0.717, 1.165) is 16.9 Å². The van der Waals surface area contributed by atoms with Crippen molar-refractivity contribution in [2.45, 2.75) is 12.6 Å². The van der Waals surface area contributed by atoms with E-state index in [1.165, 1.54) is 6.07 Å². The second-order valence-electron chi connectivity index (χ2n) is 8.72. The highest BCUT2D eigenvalue weighted by Crippen LogP contribution is 2.46. The second-order valence-corrected chi connectivity index (χ2v) is 9.15. The van der Waals surface area contributed by atoms with Crippen LogP contribution in [0.3, 0.4) is 0 Å². The first-order valence-electron chi connectivity index (χ1n) is 11.9. The number of phenols is 1. The number of carbonyl (C=O) groups is 1. The minimum absolute atomic E-state index is 0.00857. The predicted molar refractivity (Wildman–Crippen MR) is 144 cm³/mol. The molecule has 0 saturated heterocycles. The third-order valence-electron chi connectivity index (χ3n) is 6.45. The number of fused-ring (bicyclic) bond motifs is 1. The van der Waals surface area contributed by atoms with E-state index in [4.69, 9.17) is 25.8 Å². The quantitative estimate of drug-likeness (QED) is 0.266. The van der Waals surface area contributed by atoms with Crippen LogP contribution in [0.5, 0.6) is 23.0 Å². The van der Waals surface area contributed by atoms with Gasteiger partial charge in [0, 0.05) is 22.7 Å². The number of hydrogen-bond acceptors (Lipinski definition) is 6. The lowest BCUT2D eigenvalue weighted by Crippen LogP contribution is -2.29. The topological polar surface area (TPSA) is 96.9 Å². The van der Waals surface area contributed by atoms with Crippen molar-refractivity contribution in [1.29, 1.82) is 0 Å². The maximum atomic E-state index is 13.7. The number of aromatic hydroxyl groups is 1. The molecule has 1 aliphatic heterocycles. The van der Waals surface area contributed by atoms with Gasteiger partial charge in [-0.15, -0.1) is 0 Å². The fourth-order valence-corrected chi connectivity index (χ4v) is 4.83. The van der Waals surface area contributed by atoms with Gasteiger partial charge in [-0.25, -0.2) is 0 Å². The Hall–Kier alpha value is -4.43. The molecule has 4 aromatic rings. The number of ether oxygens (including phenoxy) is 3. The number of H-pyrrole nitrogens is 1. The molecule has 0 saturated carbocycles. The van der Waals surface area contributed by atoms with E-state index in [9.17, 15) is 9.90 Å². The molecule has 1 amide bonds. The van der Waals surface area contributed by atoms with Crippen LogP contribution < -0.4 is 14.2 Å². The molecule has 5 rings (SSSR count). The number of aromatic nitrogens is 2. The third-order valence-corrected chi connectivity index (χ3v) is 6.68. The highest BCUT2D eigenvalue weighted by Gasteiger charge is 2.42. The number of phenolic OH excluding ortho intramolecular Hbond substituents is 1. The average Bonchev–Trinajstić information content (AvgIpc) is 3.48. The van der Waals surface area contributed by atoms with E-state index in [-0.39, 0.29) is 11.7 Å². The number of nitrogens with one attached hydrogen (secondary N) is 1. The van der Waals surface area contributed by atoms with Gasteiger partial charge in [-0.2, -0.15) is 5.10 Å². The van der Waals surface area contributed by atoms with Crippen molar-refractivity contribution in [3.63, 3.8) is 0 Å². The molecule has 1 unspecified atom stereocenters. The summed E-state index contributed by atoms with van der Waals surface area (Å²) in [7, 11) is 3.17. The zero-order valence-electron chi connectivity index (χ0n) is 20.9. The molecule has 1 aliphatic rings. The smallest absolute Gasteiger partial charge is 0.273 e. The number of carbonyl (C=O) groups excluding carboxylic acids is 1. The Kier molecular flexibility index (Phi) is 6.98. The number of amides is 1. The zero-order chi connectivity index (χ0) is 26.8. The summed E-state index contributed by atoms with van der Waals surface area (Å²) in [6.07, 6.45) is 1.65. The normalized spacial score (nSPS) is 14.3. The maximum Gasteiger partial charge on any atom is 0.273 e. The van der Waals surface area contributed by atoms with E-state index in [0.29, 0.717) is 52.2 Å². The number of benzene rings is 3. The van der Waals surface area contributed by atoms with Crippen LogP contribution in [0.2, 0.25) is 5.02 Å². The van der Waals surface area contributed by atoms with Crippen LogP contribution in [0.4, 0.5) is 0 Å². The first-order chi connectivity index (χ1) is 18.4. The molecular formula is C29H26ClN3O5. The first kappa shape index (κ1) is 25.2. The van der Waals surface area contributed by atoms with Gasteiger partial charge in [-0.05, 0) is 53.6 Å². The van der Waals surface area contributed by atoms with Crippen molar-refractivity contribution in [2.24, 2.45) is 0 Å². The Balaban J connectivity index is 1.64. The van der Waals surface area contributed by atoms with Gasteiger partial charge in [0.2, 0.25) is 0 Å². The molecule has 8 nitrogen and oxygen atoms in total. The standard InChI is InChI=1S/C29H26ClN3O5/c1-4-13-38-23-12-7-18(14-24(23)37-3)28-25-26(21-15-19(30)8-11-22(21)34)31-32-27(25)29(35)33(28)16-17-5-9-20(36-2)10-6-17/h4-12,14-15,28,34H,1,13,16H2,2-3H3,(H,31,32). The highest BCUT2D eigenvalue weighted by atomic mass is 35.5. The van der Waals surface area contributed by atoms with Crippen molar-refractivity contribution in [3.8, 4) is 34.3 Å². The van der Waals surface area contributed by atoms with Crippen molar-refractivity contribution in [2.75, 3.05) is 20.8 Å². The SMILES string of the molecule is C=CCOc1ccc(C2c3c(-c4cc(Cl)ccc4O)n[nH]c3C(=O)N2Cc2ccc(OC)cc2)cc1OC. The summed E-state index contributed by atoms with van der Waals surface area (Å²) in [4.78, 5) is 15.5. The van der Waals surface area contributed by atoms with Crippen LogP contribution in [-0.4, -0.2) is 46.9 Å². The van der Waals surface area contributed by atoms with Crippen molar-refractivity contribution in [3.05, 3.63) is 101 Å². The Morgan fingerprint density at radius 2 is 1.87 bits per heavy atom. The first-order valence-corrected chi connectivity index (χ1v) is 12.3. The van der Waals surface area contributed by atoms with Gasteiger partial charge in [0.1, 0.15) is 29.5 Å². The average molecular weight is 532 g/mol. The number of hydrogen-bond donors (Lipinski definition) is 2. The molecule has 38 heavy (non-hydrogen) atoms. The molecular weight excluding hydrogens is 506 g/mol. The van der Waals surface area contributed by atoms with Gasteiger partial charge in [-0.3, -0.25) is 9.89 Å². The lowest BCUT2D eigenvalue weighted by Gasteiger charge is -2.27. The molecule has 0 radical (unpaired) electrons. The van der Waals surface area contributed by atoms with E-state index in [1.807, 2.05) is 42.5 Å². The van der Waals surface area contributed by atoms with Crippen molar-refractivity contribution in [1.82, 2.24) is 15.1 Å². The van der Waals surface area contributed by atoms with Gasteiger partial charge >= 0.3 is 0 Å². The molecule has 0 fully saturated rings. The molecule has 0 spiro atoms. The summed E-state index contributed by atoms with van der Waals surface area (Å²) < 4.78 is 16.6. The Morgan fingerprint density at radius 1 is 1.08 bits per heavy atom. The van der Waals surface area contributed by atoms with Gasteiger partial charge in [-0.1, -0.05) is 42.5 Å². The predicted octanol–water partition coefficient (Wildman–Crippen LogP) is 5.76. The molecule has 2 N–H and O–H groups in total. The van der Waals surface area contributed by atoms with Crippen LogP contribution >= 0.6 is 11.6 Å². The number of rotatable bonds is 9. The summed E-state index contributed by atoms with van der Waals surface area (Å²) in [5.74, 6) is 1.60. The Morgan fingerprint density at radius 3 is 2.58 bits per heavy atom. The van der Waals surface area contributed by atoms with Crippen LogP contribution in [0, 0.1) is 0 Å². The van der Waals surface area contributed by atoms with Crippen LogP contribution in [0.25, 0.3) is 11.3 Å². The van der Waals surface area contributed by atoms with Crippen LogP contribution in [-0.2, 0) is 6.54 Å². The lowest BCUT2D eigenvalue weighted by atomic mass is 9.95. The fourth-order valence-electron chi connectivity index (χ4n) is 4.66. The molecule has 3 aromatic carbocycles. The van der Waals surface area contributed by atoms with E-state index < -0.39 is 6.04 Å². The van der Waals surface area contributed by atoms with Gasteiger partial charge in [0.05, 0.1) is 20.3 Å². The molecule has 2 heterocycles. The van der Waals surface area contributed by atoms with Gasteiger partial charge in [0.25, 0.3) is 5.91 Å². The Labute approximate surface area is 225 Å². The maximum absolute atomic E-state index is 13.7. The summed E-state index contributed by atoms with van der Waals surface area (Å²) >= 11 is 6.25.